The van der Waals surface area contributed by atoms with Gasteiger partial charge in [0.1, 0.15) is 6.61 Å². The fraction of sp³-hybridized carbons (Fsp3) is 0.286. The molecular weight excluding hydrogens is 200 g/mol. The molecule has 0 spiro atoms. The van der Waals surface area contributed by atoms with Crippen LogP contribution in [0, 0.1) is 11.8 Å². The van der Waals surface area contributed by atoms with E-state index in [9.17, 15) is 0 Å². The average molecular weight is 216 g/mol. The Morgan fingerprint density at radius 1 is 1.12 bits per heavy atom. The van der Waals surface area contributed by atoms with Crippen molar-refractivity contribution in [3.63, 3.8) is 0 Å². The lowest BCUT2D eigenvalue weighted by molar-refractivity contribution is 0.196. The van der Waals surface area contributed by atoms with Gasteiger partial charge in [-0.1, -0.05) is 42.2 Å². The molecule has 1 rings (SSSR count). The van der Waals surface area contributed by atoms with Crippen molar-refractivity contribution in [1.82, 2.24) is 0 Å². The average Bonchev–Trinajstić information content (AvgIpc) is 2.34. The van der Waals surface area contributed by atoms with Crippen LogP contribution in [0.1, 0.15) is 5.56 Å². The monoisotopic (exact) mass is 216 g/mol. The molecule has 0 aliphatic rings. The van der Waals surface area contributed by atoms with Crippen molar-refractivity contribution in [3.8, 4) is 11.8 Å². The maximum Gasteiger partial charge on any atom is 0.108 e. The van der Waals surface area contributed by atoms with Gasteiger partial charge in [0.05, 0.1) is 13.2 Å². The smallest absolute Gasteiger partial charge is 0.108 e. The molecule has 0 heterocycles. The Bertz CT molecular complexity index is 357. The minimum atomic E-state index is 0.451. The van der Waals surface area contributed by atoms with E-state index in [-0.39, 0.29) is 0 Å². The van der Waals surface area contributed by atoms with E-state index >= 15 is 0 Å². The lowest BCUT2D eigenvalue weighted by Gasteiger charge is -1.93. The summed E-state index contributed by atoms with van der Waals surface area (Å²) in [5, 5.41) is 0. The minimum Gasteiger partial charge on any atom is -0.381 e. The van der Waals surface area contributed by atoms with E-state index in [4.69, 9.17) is 9.47 Å². The molecule has 0 N–H and O–H groups in total. The van der Waals surface area contributed by atoms with Crippen LogP contribution in [0.2, 0.25) is 0 Å². The van der Waals surface area contributed by atoms with Gasteiger partial charge in [0.15, 0.2) is 0 Å². The second kappa shape index (κ2) is 8.72. The van der Waals surface area contributed by atoms with Crippen LogP contribution >= 0.6 is 0 Å². The molecule has 16 heavy (non-hydrogen) atoms. The molecule has 0 saturated carbocycles. The van der Waals surface area contributed by atoms with Gasteiger partial charge >= 0.3 is 0 Å². The van der Waals surface area contributed by atoms with Crippen LogP contribution in [-0.4, -0.2) is 26.9 Å². The molecule has 0 atom stereocenters. The highest BCUT2D eigenvalue weighted by Crippen LogP contribution is 1.94. The molecule has 1 aromatic carbocycles. The lowest BCUT2D eigenvalue weighted by Crippen LogP contribution is -1.91. The third-order valence-corrected chi connectivity index (χ3v) is 1.82. The first kappa shape index (κ1) is 12.5. The van der Waals surface area contributed by atoms with Crippen LogP contribution in [0.4, 0.5) is 0 Å². The van der Waals surface area contributed by atoms with Gasteiger partial charge in [0, 0.05) is 12.7 Å². The third-order valence-electron chi connectivity index (χ3n) is 1.82. The first-order chi connectivity index (χ1) is 7.93. The lowest BCUT2D eigenvalue weighted by atomic mass is 10.2. The van der Waals surface area contributed by atoms with Crippen molar-refractivity contribution in [2.24, 2.45) is 0 Å². The van der Waals surface area contributed by atoms with Crippen molar-refractivity contribution in [3.05, 3.63) is 48.0 Å². The molecular formula is C14H16O2. The summed E-state index contributed by atoms with van der Waals surface area (Å²) in [7, 11) is 1.66. The van der Waals surface area contributed by atoms with Gasteiger partial charge in [0.25, 0.3) is 0 Å². The maximum atomic E-state index is 5.29. The van der Waals surface area contributed by atoms with Gasteiger partial charge in [-0.3, -0.25) is 0 Å². The van der Waals surface area contributed by atoms with Gasteiger partial charge in [-0.15, -0.1) is 0 Å². The quantitative estimate of drug-likeness (QED) is 0.427. The molecule has 0 saturated heterocycles. The first-order valence-corrected chi connectivity index (χ1v) is 5.19. The molecule has 0 unspecified atom stereocenters. The Morgan fingerprint density at radius 2 is 1.88 bits per heavy atom. The Hall–Kier alpha value is -1.56. The summed E-state index contributed by atoms with van der Waals surface area (Å²) in [6.07, 6.45) is 3.85. The minimum absolute atomic E-state index is 0.451. The van der Waals surface area contributed by atoms with Crippen molar-refractivity contribution in [1.29, 1.82) is 0 Å². The second-order valence-corrected chi connectivity index (χ2v) is 3.11. The molecule has 0 aliphatic heterocycles. The topological polar surface area (TPSA) is 18.5 Å². The Labute approximate surface area is 96.9 Å². The van der Waals surface area contributed by atoms with Gasteiger partial charge in [0.2, 0.25) is 0 Å². The fourth-order valence-electron chi connectivity index (χ4n) is 1.07. The predicted molar refractivity (Wildman–Crippen MR) is 65.2 cm³/mol. The maximum absolute atomic E-state index is 5.29. The summed E-state index contributed by atoms with van der Waals surface area (Å²) in [6, 6.07) is 9.87. The van der Waals surface area contributed by atoms with E-state index in [0.29, 0.717) is 19.8 Å². The van der Waals surface area contributed by atoms with E-state index in [2.05, 4.69) is 11.8 Å². The van der Waals surface area contributed by atoms with Gasteiger partial charge < -0.3 is 9.47 Å². The van der Waals surface area contributed by atoms with Crippen molar-refractivity contribution in [2.45, 2.75) is 0 Å². The van der Waals surface area contributed by atoms with E-state index in [1.165, 1.54) is 0 Å². The highest BCUT2D eigenvalue weighted by Gasteiger charge is 1.81. The Kier molecular flexibility index (Phi) is 6.82. The third kappa shape index (κ3) is 6.02. The zero-order valence-electron chi connectivity index (χ0n) is 9.48. The van der Waals surface area contributed by atoms with Crippen molar-refractivity contribution in [2.75, 3.05) is 26.9 Å². The predicted octanol–water partition coefficient (Wildman–Crippen LogP) is 2.26. The van der Waals surface area contributed by atoms with Crippen LogP contribution in [0.15, 0.2) is 42.5 Å². The fourth-order valence-corrected chi connectivity index (χ4v) is 1.07. The van der Waals surface area contributed by atoms with Gasteiger partial charge in [-0.2, -0.15) is 0 Å². The van der Waals surface area contributed by atoms with E-state index in [1.807, 2.05) is 42.5 Å². The normalized spacial score (nSPS) is 10.1. The Morgan fingerprint density at radius 3 is 2.62 bits per heavy atom. The molecule has 1 aromatic rings. The van der Waals surface area contributed by atoms with Crippen LogP contribution < -0.4 is 0 Å². The van der Waals surface area contributed by atoms with Crippen LogP contribution in [0.5, 0.6) is 0 Å². The summed E-state index contributed by atoms with van der Waals surface area (Å²) in [5.41, 5.74) is 1.01. The van der Waals surface area contributed by atoms with Gasteiger partial charge in [-0.25, -0.2) is 0 Å². The number of ether oxygens (including phenoxy) is 2. The van der Waals surface area contributed by atoms with Crippen LogP contribution in [-0.2, 0) is 9.47 Å². The molecule has 84 valence electrons. The summed E-state index contributed by atoms with van der Waals surface area (Å²) in [5.74, 6) is 5.98. The standard InChI is InChI=1S/C14H16O2/c1-15-11-5-6-12-16-13-7-10-14-8-3-2-4-9-14/h2-6,8-9H,11-13H2,1H3/b6-5-. The number of methoxy groups -OCH3 is 1. The van der Waals surface area contributed by atoms with Crippen LogP contribution in [0.3, 0.4) is 0 Å². The van der Waals surface area contributed by atoms with Gasteiger partial charge in [-0.05, 0) is 12.1 Å². The van der Waals surface area contributed by atoms with E-state index in [1.54, 1.807) is 7.11 Å². The summed E-state index contributed by atoms with van der Waals surface area (Å²) in [4.78, 5) is 0. The SMILES string of the molecule is COC/C=C\COCC#Cc1ccccc1. The summed E-state index contributed by atoms with van der Waals surface area (Å²) in [6.45, 7) is 1.65. The summed E-state index contributed by atoms with van der Waals surface area (Å²) < 4.78 is 10.1. The van der Waals surface area contributed by atoms with Crippen molar-refractivity contribution < 1.29 is 9.47 Å². The number of benzene rings is 1. The zero-order chi connectivity index (χ0) is 11.5. The number of hydrogen-bond donors (Lipinski definition) is 0. The molecule has 2 nitrogen and oxygen atoms in total. The molecule has 0 aliphatic carbocycles. The number of hydrogen-bond acceptors (Lipinski definition) is 2. The van der Waals surface area contributed by atoms with E-state index < -0.39 is 0 Å². The Balaban J connectivity index is 2.14. The molecule has 0 aromatic heterocycles. The second-order valence-electron chi connectivity index (χ2n) is 3.11. The molecule has 0 radical (unpaired) electrons. The first-order valence-electron chi connectivity index (χ1n) is 5.19. The molecule has 0 amide bonds. The van der Waals surface area contributed by atoms with E-state index in [0.717, 1.165) is 5.56 Å². The number of rotatable bonds is 5. The highest BCUT2D eigenvalue weighted by atomic mass is 16.5. The molecule has 0 bridgehead atoms. The highest BCUT2D eigenvalue weighted by molar-refractivity contribution is 5.33. The van der Waals surface area contributed by atoms with Crippen LogP contribution in [0.25, 0.3) is 0 Å². The zero-order valence-corrected chi connectivity index (χ0v) is 9.48. The molecule has 2 heteroatoms. The molecule has 0 fully saturated rings. The summed E-state index contributed by atoms with van der Waals surface area (Å²) >= 11 is 0. The van der Waals surface area contributed by atoms with Crippen molar-refractivity contribution >= 4 is 0 Å². The largest absolute Gasteiger partial charge is 0.381 e.